The first-order valence-electron chi connectivity index (χ1n) is 7.79. The van der Waals surface area contributed by atoms with Crippen LogP contribution in [0, 0.1) is 11.7 Å². The Hall–Kier alpha value is -1.09. The van der Waals surface area contributed by atoms with Crippen molar-refractivity contribution in [3.8, 4) is 5.75 Å². The number of rotatable bonds is 5. The lowest BCUT2D eigenvalue weighted by atomic mass is 9.85. The van der Waals surface area contributed by atoms with Gasteiger partial charge in [-0.1, -0.05) is 19.4 Å². The molecule has 0 amide bonds. The molecule has 20 heavy (non-hydrogen) atoms. The molecule has 1 aromatic carbocycles. The zero-order valence-corrected chi connectivity index (χ0v) is 12.8. The predicted molar refractivity (Wildman–Crippen MR) is 80.5 cm³/mol. The van der Waals surface area contributed by atoms with E-state index in [1.807, 2.05) is 20.0 Å². The largest absolute Gasteiger partial charge is 0.487 e. The van der Waals surface area contributed by atoms with Gasteiger partial charge in [-0.25, -0.2) is 4.39 Å². The predicted octanol–water partition coefficient (Wildman–Crippen LogP) is 4.45. The van der Waals surface area contributed by atoms with E-state index in [-0.39, 0.29) is 18.0 Å². The number of ether oxygens (including phenoxy) is 1. The Bertz CT molecular complexity index is 435. The van der Waals surface area contributed by atoms with Crippen LogP contribution in [0.4, 0.5) is 4.39 Å². The molecule has 1 aliphatic carbocycles. The van der Waals surface area contributed by atoms with Gasteiger partial charge in [0.25, 0.3) is 0 Å². The highest BCUT2D eigenvalue weighted by Crippen LogP contribution is 2.32. The van der Waals surface area contributed by atoms with Gasteiger partial charge in [0, 0.05) is 6.04 Å². The zero-order valence-electron chi connectivity index (χ0n) is 12.8. The molecule has 0 heterocycles. The fraction of sp³-hybridized carbons (Fsp3) is 0.647. The van der Waals surface area contributed by atoms with E-state index in [9.17, 15) is 4.39 Å². The molecule has 3 heteroatoms. The van der Waals surface area contributed by atoms with Gasteiger partial charge in [0.2, 0.25) is 0 Å². The third-order valence-corrected chi connectivity index (χ3v) is 4.53. The lowest BCUT2D eigenvalue weighted by Crippen LogP contribution is -2.30. The first-order valence-corrected chi connectivity index (χ1v) is 7.79. The summed E-state index contributed by atoms with van der Waals surface area (Å²) in [4.78, 5) is 0. The van der Waals surface area contributed by atoms with Crippen molar-refractivity contribution in [2.75, 3.05) is 7.05 Å². The van der Waals surface area contributed by atoms with Crippen LogP contribution in [0.3, 0.4) is 0 Å². The summed E-state index contributed by atoms with van der Waals surface area (Å²) in [7, 11) is 1.88. The standard InChI is InChI=1S/C17H26FNO/c1-4-13-7-5-6-8-16(13)20-17-10-9-14(11-15(17)18)12(2)19-3/h9-13,16,19H,4-8H2,1-3H3. The SMILES string of the molecule is CCC1CCCCC1Oc1ccc(C(C)NC)cc1F. The minimum atomic E-state index is -0.245. The van der Waals surface area contributed by atoms with Crippen molar-refractivity contribution < 1.29 is 9.13 Å². The molecule has 1 aromatic rings. The molecule has 0 aliphatic heterocycles. The second-order valence-electron chi connectivity index (χ2n) is 5.81. The fourth-order valence-electron chi connectivity index (χ4n) is 3.01. The molecule has 3 atom stereocenters. The summed E-state index contributed by atoms with van der Waals surface area (Å²) in [5.74, 6) is 0.728. The lowest BCUT2D eigenvalue weighted by Gasteiger charge is -2.31. The smallest absolute Gasteiger partial charge is 0.165 e. The zero-order chi connectivity index (χ0) is 14.5. The van der Waals surface area contributed by atoms with Crippen LogP contribution in [0.5, 0.6) is 5.75 Å². The van der Waals surface area contributed by atoms with Crippen LogP contribution < -0.4 is 10.1 Å². The Morgan fingerprint density at radius 1 is 1.35 bits per heavy atom. The van der Waals surface area contributed by atoms with E-state index in [1.165, 1.54) is 19.3 Å². The van der Waals surface area contributed by atoms with Crippen LogP contribution in [0.25, 0.3) is 0 Å². The molecular formula is C17H26FNO. The summed E-state index contributed by atoms with van der Waals surface area (Å²) < 4.78 is 20.1. The average Bonchev–Trinajstić information content (AvgIpc) is 2.49. The molecule has 0 bridgehead atoms. The Morgan fingerprint density at radius 2 is 2.10 bits per heavy atom. The van der Waals surface area contributed by atoms with Crippen molar-refractivity contribution >= 4 is 0 Å². The number of benzene rings is 1. The highest BCUT2D eigenvalue weighted by Gasteiger charge is 2.26. The van der Waals surface area contributed by atoms with Crippen molar-refractivity contribution in [1.82, 2.24) is 5.32 Å². The Labute approximate surface area is 121 Å². The van der Waals surface area contributed by atoms with E-state index in [0.717, 1.165) is 18.4 Å². The topological polar surface area (TPSA) is 21.3 Å². The van der Waals surface area contributed by atoms with Gasteiger partial charge in [0.15, 0.2) is 11.6 Å². The van der Waals surface area contributed by atoms with E-state index in [4.69, 9.17) is 4.74 Å². The van der Waals surface area contributed by atoms with E-state index in [2.05, 4.69) is 12.2 Å². The molecule has 0 radical (unpaired) electrons. The minimum Gasteiger partial charge on any atom is -0.487 e. The molecule has 112 valence electrons. The molecule has 1 aliphatic rings. The van der Waals surface area contributed by atoms with Gasteiger partial charge in [-0.3, -0.25) is 0 Å². The van der Waals surface area contributed by atoms with Gasteiger partial charge < -0.3 is 10.1 Å². The van der Waals surface area contributed by atoms with Crippen molar-refractivity contribution in [3.05, 3.63) is 29.6 Å². The van der Waals surface area contributed by atoms with Crippen LogP contribution >= 0.6 is 0 Å². The van der Waals surface area contributed by atoms with Crippen molar-refractivity contribution in [3.63, 3.8) is 0 Å². The van der Waals surface area contributed by atoms with Crippen LogP contribution in [0.1, 0.15) is 57.6 Å². The maximum atomic E-state index is 14.2. The average molecular weight is 279 g/mol. The first-order chi connectivity index (χ1) is 9.65. The molecule has 0 aromatic heterocycles. The quantitative estimate of drug-likeness (QED) is 0.859. The molecule has 0 saturated heterocycles. The Balaban J connectivity index is 2.09. The third kappa shape index (κ3) is 3.51. The van der Waals surface area contributed by atoms with Gasteiger partial charge in [-0.15, -0.1) is 0 Å². The number of nitrogens with one attached hydrogen (secondary N) is 1. The molecule has 1 N–H and O–H groups in total. The second-order valence-corrected chi connectivity index (χ2v) is 5.81. The van der Waals surface area contributed by atoms with E-state index >= 15 is 0 Å². The number of hydrogen-bond acceptors (Lipinski definition) is 2. The summed E-state index contributed by atoms with van der Waals surface area (Å²) in [5, 5.41) is 3.12. The summed E-state index contributed by atoms with van der Waals surface area (Å²) in [5.41, 5.74) is 0.952. The maximum Gasteiger partial charge on any atom is 0.165 e. The van der Waals surface area contributed by atoms with Gasteiger partial charge in [0.1, 0.15) is 6.10 Å². The maximum absolute atomic E-state index is 14.2. The monoisotopic (exact) mass is 279 g/mol. The van der Waals surface area contributed by atoms with Gasteiger partial charge >= 0.3 is 0 Å². The van der Waals surface area contributed by atoms with E-state index in [1.54, 1.807) is 12.1 Å². The van der Waals surface area contributed by atoms with Crippen molar-refractivity contribution in [1.29, 1.82) is 0 Å². The molecule has 3 unspecified atom stereocenters. The second kappa shape index (κ2) is 7.07. The summed E-state index contributed by atoms with van der Waals surface area (Å²) in [6.45, 7) is 4.21. The first kappa shape index (κ1) is 15.3. The molecule has 2 nitrogen and oxygen atoms in total. The Kier molecular flexibility index (Phi) is 5.41. The van der Waals surface area contributed by atoms with Crippen molar-refractivity contribution in [2.24, 2.45) is 5.92 Å². The highest BCUT2D eigenvalue weighted by molar-refractivity contribution is 5.31. The third-order valence-electron chi connectivity index (χ3n) is 4.53. The summed E-state index contributed by atoms with van der Waals surface area (Å²) in [6.07, 6.45) is 6.01. The molecule has 1 fully saturated rings. The summed E-state index contributed by atoms with van der Waals surface area (Å²) in [6, 6.07) is 5.46. The van der Waals surface area contributed by atoms with Crippen LogP contribution in [-0.2, 0) is 0 Å². The molecule has 0 spiro atoms. The van der Waals surface area contributed by atoms with Crippen LogP contribution in [-0.4, -0.2) is 13.2 Å². The number of halogens is 1. The lowest BCUT2D eigenvalue weighted by molar-refractivity contribution is 0.0862. The molecule has 1 saturated carbocycles. The summed E-state index contributed by atoms with van der Waals surface area (Å²) >= 11 is 0. The normalized spacial score (nSPS) is 24.4. The van der Waals surface area contributed by atoms with Gasteiger partial charge in [-0.2, -0.15) is 0 Å². The fourth-order valence-corrected chi connectivity index (χ4v) is 3.01. The van der Waals surface area contributed by atoms with Crippen LogP contribution in [0.15, 0.2) is 18.2 Å². The number of hydrogen-bond donors (Lipinski definition) is 1. The molecule has 2 rings (SSSR count). The van der Waals surface area contributed by atoms with E-state index in [0.29, 0.717) is 11.7 Å². The minimum absolute atomic E-state index is 0.150. The van der Waals surface area contributed by atoms with Crippen LogP contribution in [0.2, 0.25) is 0 Å². The van der Waals surface area contributed by atoms with Gasteiger partial charge in [0.05, 0.1) is 0 Å². The Morgan fingerprint density at radius 3 is 2.75 bits per heavy atom. The van der Waals surface area contributed by atoms with Crippen molar-refractivity contribution in [2.45, 2.75) is 58.1 Å². The van der Waals surface area contributed by atoms with Gasteiger partial charge in [-0.05, 0) is 63.3 Å². The molecular weight excluding hydrogens is 253 g/mol. The van der Waals surface area contributed by atoms with E-state index < -0.39 is 0 Å². The highest BCUT2D eigenvalue weighted by atomic mass is 19.1.